The zero-order chi connectivity index (χ0) is 14.9. The fraction of sp³-hybridized carbons (Fsp3) is 0.0909. The Kier molecular flexibility index (Phi) is 4.03. The lowest BCUT2D eigenvalue weighted by Gasteiger charge is -2.10. The van der Waals surface area contributed by atoms with E-state index in [0.29, 0.717) is 10.6 Å². The molecule has 0 saturated heterocycles. The highest BCUT2D eigenvalue weighted by molar-refractivity contribution is 7.92. The van der Waals surface area contributed by atoms with Gasteiger partial charge in [0, 0.05) is 6.20 Å². The SMILES string of the molecule is Cc1cc(Cl)c(N)cc1S(=O)(=O)Nc1nccc(Cl)n1. The minimum atomic E-state index is -3.87. The van der Waals surface area contributed by atoms with Crippen LogP contribution in [0.4, 0.5) is 11.6 Å². The second-order valence-corrected chi connectivity index (χ2v) is 6.39. The molecule has 0 fully saturated rings. The number of sulfonamides is 1. The number of anilines is 2. The maximum Gasteiger partial charge on any atom is 0.264 e. The molecule has 2 aromatic rings. The summed E-state index contributed by atoms with van der Waals surface area (Å²) in [5, 5.41) is 0.422. The molecule has 0 bridgehead atoms. The van der Waals surface area contributed by atoms with Crippen LogP contribution in [0.25, 0.3) is 0 Å². The number of nitrogens with one attached hydrogen (secondary N) is 1. The molecule has 0 aliphatic rings. The van der Waals surface area contributed by atoms with E-state index in [4.69, 9.17) is 28.9 Å². The van der Waals surface area contributed by atoms with Gasteiger partial charge in [0.1, 0.15) is 5.15 Å². The van der Waals surface area contributed by atoms with Crippen molar-refractivity contribution in [1.82, 2.24) is 9.97 Å². The number of benzene rings is 1. The Bertz CT molecular complexity index is 765. The minimum Gasteiger partial charge on any atom is -0.397 e. The molecule has 0 unspecified atom stereocenters. The molecule has 1 heterocycles. The maximum atomic E-state index is 12.3. The van der Waals surface area contributed by atoms with E-state index in [1.807, 2.05) is 0 Å². The normalized spacial score (nSPS) is 11.3. The van der Waals surface area contributed by atoms with Crippen molar-refractivity contribution in [3.05, 3.63) is 40.1 Å². The van der Waals surface area contributed by atoms with Gasteiger partial charge in [-0.2, -0.15) is 0 Å². The van der Waals surface area contributed by atoms with Gasteiger partial charge in [0.05, 0.1) is 15.6 Å². The largest absolute Gasteiger partial charge is 0.397 e. The van der Waals surface area contributed by atoms with Crippen molar-refractivity contribution >= 4 is 44.9 Å². The van der Waals surface area contributed by atoms with E-state index >= 15 is 0 Å². The predicted molar refractivity (Wildman–Crippen MR) is 78.5 cm³/mol. The van der Waals surface area contributed by atoms with Crippen molar-refractivity contribution in [1.29, 1.82) is 0 Å². The monoisotopic (exact) mass is 332 g/mol. The van der Waals surface area contributed by atoms with Crippen LogP contribution in [0.2, 0.25) is 10.2 Å². The number of hydrogen-bond donors (Lipinski definition) is 2. The Morgan fingerprint density at radius 2 is 2.00 bits per heavy atom. The smallest absolute Gasteiger partial charge is 0.264 e. The quantitative estimate of drug-likeness (QED) is 0.664. The number of aromatic nitrogens is 2. The van der Waals surface area contributed by atoms with E-state index in [1.165, 1.54) is 24.4 Å². The minimum absolute atomic E-state index is 0.00276. The van der Waals surface area contributed by atoms with Crippen molar-refractivity contribution in [3.63, 3.8) is 0 Å². The van der Waals surface area contributed by atoms with Gasteiger partial charge in [0.25, 0.3) is 10.0 Å². The van der Waals surface area contributed by atoms with E-state index in [2.05, 4.69) is 14.7 Å². The van der Waals surface area contributed by atoms with Gasteiger partial charge in [-0.1, -0.05) is 23.2 Å². The molecule has 0 amide bonds. The first-order valence-corrected chi connectivity index (χ1v) is 7.60. The maximum absolute atomic E-state index is 12.3. The summed E-state index contributed by atoms with van der Waals surface area (Å²) < 4.78 is 26.8. The van der Waals surface area contributed by atoms with Crippen LogP contribution >= 0.6 is 23.2 Å². The lowest BCUT2D eigenvalue weighted by Crippen LogP contribution is -2.16. The van der Waals surface area contributed by atoms with Crippen LogP contribution in [-0.4, -0.2) is 18.4 Å². The third kappa shape index (κ3) is 3.12. The van der Waals surface area contributed by atoms with E-state index in [-0.39, 0.29) is 21.7 Å². The molecule has 0 saturated carbocycles. The summed E-state index contributed by atoms with van der Waals surface area (Å²) in [6.07, 6.45) is 1.34. The van der Waals surface area contributed by atoms with Crippen LogP contribution in [0.15, 0.2) is 29.3 Å². The average Bonchev–Trinajstić information content (AvgIpc) is 2.33. The summed E-state index contributed by atoms with van der Waals surface area (Å²) in [5.74, 6) is -0.120. The van der Waals surface area contributed by atoms with Crippen molar-refractivity contribution in [2.24, 2.45) is 0 Å². The summed E-state index contributed by atoms with van der Waals surface area (Å²) in [5.41, 5.74) is 6.26. The Balaban J connectivity index is 2.43. The molecule has 1 aromatic carbocycles. The molecule has 20 heavy (non-hydrogen) atoms. The number of nitrogens with zero attached hydrogens (tertiary/aromatic N) is 2. The summed E-state index contributed by atoms with van der Waals surface area (Å²) in [4.78, 5) is 7.54. The Morgan fingerprint density at radius 1 is 1.30 bits per heavy atom. The standard InChI is InChI=1S/C11H10Cl2N4O2S/c1-6-4-7(12)8(14)5-9(6)20(18,19)17-11-15-3-2-10(13)16-11/h2-5H,14H2,1H3,(H,15,16,17). The zero-order valence-electron chi connectivity index (χ0n) is 10.3. The van der Waals surface area contributed by atoms with E-state index in [9.17, 15) is 8.42 Å². The zero-order valence-corrected chi connectivity index (χ0v) is 12.6. The number of halogens is 2. The van der Waals surface area contributed by atoms with Crippen molar-refractivity contribution < 1.29 is 8.42 Å². The number of nitrogens with two attached hydrogens (primary N) is 1. The highest BCUT2D eigenvalue weighted by atomic mass is 35.5. The molecule has 0 spiro atoms. The Hall–Kier alpha value is -1.57. The first-order valence-electron chi connectivity index (χ1n) is 5.36. The molecular formula is C11H10Cl2N4O2S. The summed E-state index contributed by atoms with van der Waals surface area (Å²) in [7, 11) is -3.87. The molecular weight excluding hydrogens is 323 g/mol. The molecule has 2 rings (SSSR count). The van der Waals surface area contributed by atoms with Crippen LogP contribution in [0.5, 0.6) is 0 Å². The lowest BCUT2D eigenvalue weighted by molar-refractivity contribution is 0.600. The molecule has 0 aliphatic heterocycles. The van der Waals surface area contributed by atoms with Gasteiger partial charge in [0.15, 0.2) is 0 Å². The van der Waals surface area contributed by atoms with Gasteiger partial charge in [0.2, 0.25) is 5.95 Å². The number of hydrogen-bond acceptors (Lipinski definition) is 5. The predicted octanol–water partition coefficient (Wildman–Crippen LogP) is 2.47. The highest BCUT2D eigenvalue weighted by Gasteiger charge is 2.19. The van der Waals surface area contributed by atoms with Gasteiger partial charge >= 0.3 is 0 Å². The topological polar surface area (TPSA) is 98.0 Å². The van der Waals surface area contributed by atoms with Gasteiger partial charge in [-0.15, -0.1) is 0 Å². The number of aryl methyl sites for hydroxylation is 1. The number of nitrogen functional groups attached to an aromatic ring is 1. The molecule has 0 aliphatic carbocycles. The van der Waals surface area contributed by atoms with Crippen LogP contribution in [-0.2, 0) is 10.0 Å². The Labute approximate surface area is 126 Å². The molecule has 0 atom stereocenters. The average molecular weight is 333 g/mol. The third-order valence-corrected chi connectivity index (χ3v) is 4.44. The van der Waals surface area contributed by atoms with Gasteiger partial charge in [-0.05, 0) is 30.7 Å². The summed E-state index contributed by atoms with van der Waals surface area (Å²) in [6.45, 7) is 1.61. The van der Waals surface area contributed by atoms with Crippen LogP contribution < -0.4 is 10.5 Å². The summed E-state index contributed by atoms with van der Waals surface area (Å²) in [6, 6.07) is 4.19. The van der Waals surface area contributed by atoms with Crippen molar-refractivity contribution in [2.75, 3.05) is 10.5 Å². The molecule has 6 nitrogen and oxygen atoms in total. The van der Waals surface area contributed by atoms with Crippen LogP contribution in [0, 0.1) is 6.92 Å². The molecule has 0 radical (unpaired) electrons. The Morgan fingerprint density at radius 3 is 2.65 bits per heavy atom. The third-order valence-electron chi connectivity index (χ3n) is 2.43. The first-order chi connectivity index (χ1) is 9.29. The van der Waals surface area contributed by atoms with Gasteiger partial charge in [-0.25, -0.2) is 23.1 Å². The van der Waals surface area contributed by atoms with Crippen molar-refractivity contribution in [3.8, 4) is 0 Å². The second-order valence-electron chi connectivity index (χ2n) is 3.95. The highest BCUT2D eigenvalue weighted by Crippen LogP contribution is 2.27. The van der Waals surface area contributed by atoms with Crippen LogP contribution in [0.3, 0.4) is 0 Å². The molecule has 1 aromatic heterocycles. The van der Waals surface area contributed by atoms with Crippen molar-refractivity contribution in [2.45, 2.75) is 11.8 Å². The van der Waals surface area contributed by atoms with Gasteiger partial charge in [-0.3, -0.25) is 0 Å². The van der Waals surface area contributed by atoms with E-state index < -0.39 is 10.0 Å². The second kappa shape index (κ2) is 5.43. The first kappa shape index (κ1) is 14.8. The summed E-state index contributed by atoms with van der Waals surface area (Å²) >= 11 is 11.5. The molecule has 9 heteroatoms. The number of rotatable bonds is 3. The molecule has 106 valence electrons. The van der Waals surface area contributed by atoms with E-state index in [1.54, 1.807) is 6.92 Å². The fourth-order valence-corrected chi connectivity index (χ4v) is 3.09. The molecule has 3 N–H and O–H groups in total. The fourth-order valence-electron chi connectivity index (χ4n) is 1.52. The van der Waals surface area contributed by atoms with Gasteiger partial charge < -0.3 is 5.73 Å². The van der Waals surface area contributed by atoms with Crippen LogP contribution in [0.1, 0.15) is 5.56 Å². The van der Waals surface area contributed by atoms with E-state index in [0.717, 1.165) is 0 Å². The lowest BCUT2D eigenvalue weighted by atomic mass is 10.2.